The van der Waals surface area contributed by atoms with Gasteiger partial charge in [-0.3, -0.25) is 23.9 Å². The molecule has 1 fully saturated rings. The number of carbonyl (C=O) groups is 3. The Balaban J connectivity index is 0.887. The lowest BCUT2D eigenvalue weighted by atomic mass is 9.85. The maximum absolute atomic E-state index is 14.2. The molecule has 2 aliphatic heterocycles. The van der Waals surface area contributed by atoms with Crippen molar-refractivity contribution in [3.05, 3.63) is 123 Å². The molecule has 0 spiro atoms. The van der Waals surface area contributed by atoms with Crippen molar-refractivity contribution in [2.45, 2.75) is 99.0 Å². The van der Waals surface area contributed by atoms with Crippen LogP contribution < -0.4 is 15.4 Å². The molecule has 0 aliphatic carbocycles. The van der Waals surface area contributed by atoms with E-state index in [0.717, 1.165) is 66.3 Å². The van der Waals surface area contributed by atoms with E-state index in [1.54, 1.807) is 22.7 Å². The summed E-state index contributed by atoms with van der Waals surface area (Å²) in [5.41, 5.74) is 10.3. The molecule has 1 saturated heterocycles. The van der Waals surface area contributed by atoms with Crippen LogP contribution >= 0.6 is 22.7 Å². The number of rotatable bonds is 11. The first-order valence-electron chi connectivity index (χ1n) is 21.5. The molecule has 6 aromatic rings. The highest BCUT2D eigenvalue weighted by Gasteiger charge is 2.45. The number of aromatic nitrogens is 4. The zero-order chi connectivity index (χ0) is 45.6. The molecular formula is C49H54N8O5S2. The van der Waals surface area contributed by atoms with E-state index in [2.05, 4.69) is 75.4 Å². The molecule has 332 valence electrons. The molecule has 64 heavy (non-hydrogen) atoms. The van der Waals surface area contributed by atoms with E-state index in [0.29, 0.717) is 5.75 Å². The Morgan fingerprint density at radius 2 is 1.53 bits per heavy atom. The monoisotopic (exact) mass is 898 g/mol. The van der Waals surface area contributed by atoms with Crippen molar-refractivity contribution < 1.29 is 24.2 Å². The maximum Gasteiger partial charge on any atom is 0.258 e. The number of carbonyl (C=O) groups excluding carboxylic acids is 3. The molecule has 0 unspecified atom stereocenters. The van der Waals surface area contributed by atoms with Crippen LogP contribution in [0, 0.1) is 33.1 Å². The summed E-state index contributed by atoms with van der Waals surface area (Å²) in [6.07, 6.45) is -0.786. The highest BCUT2D eigenvalue weighted by Crippen LogP contribution is 2.39. The summed E-state index contributed by atoms with van der Waals surface area (Å²) in [7, 11) is 0. The standard InChI is InChI=1S/C49H54N8O5S2/c1-26-30(5)64-48-41(26)42(51-29(4)45-55-54-31(6)57(45)48)35-14-12-33(13-15-35)34-18-20-38(21-19-34)62-24-40(59)53-44(49(7,8)9)47(61)56-23-37(58)22-39(56)46(60)52-27(2)32-10-16-36(17-11-32)43-28(3)50-25-63-43/h10-21,25,27,29,37,39,44,58H,22-24H2,1-9H3,(H,52,60)(H,53,59)/t27-,29-,37+,39-,44+/m0/s1. The number of aliphatic hydroxyl groups is 1. The van der Waals surface area contributed by atoms with Crippen LogP contribution in [0.1, 0.15) is 97.6 Å². The zero-order valence-corrected chi connectivity index (χ0v) is 39.2. The van der Waals surface area contributed by atoms with Crippen molar-refractivity contribution in [2.24, 2.45) is 10.4 Å². The molecule has 5 heterocycles. The molecular weight excluding hydrogens is 845 g/mol. The van der Waals surface area contributed by atoms with E-state index in [-0.39, 0.29) is 37.6 Å². The van der Waals surface area contributed by atoms with Crippen molar-refractivity contribution in [3.63, 3.8) is 0 Å². The van der Waals surface area contributed by atoms with Gasteiger partial charge in [-0.25, -0.2) is 4.98 Å². The van der Waals surface area contributed by atoms with E-state index in [1.165, 1.54) is 15.3 Å². The fourth-order valence-electron chi connectivity index (χ4n) is 8.41. The minimum absolute atomic E-state index is 0.0184. The molecule has 8 rings (SSSR count). The Labute approximate surface area is 381 Å². The smallest absolute Gasteiger partial charge is 0.258 e. The fraction of sp³-hybridized carbons (Fsp3) is 0.367. The molecule has 0 radical (unpaired) electrons. The van der Waals surface area contributed by atoms with Crippen molar-refractivity contribution in [1.82, 2.24) is 35.3 Å². The van der Waals surface area contributed by atoms with Crippen molar-refractivity contribution in [2.75, 3.05) is 13.2 Å². The van der Waals surface area contributed by atoms with Gasteiger partial charge in [-0.2, -0.15) is 0 Å². The van der Waals surface area contributed by atoms with Gasteiger partial charge in [0.2, 0.25) is 11.8 Å². The fourth-order valence-corrected chi connectivity index (χ4v) is 10.4. The average molecular weight is 899 g/mol. The van der Waals surface area contributed by atoms with Gasteiger partial charge < -0.3 is 25.4 Å². The molecule has 0 bridgehead atoms. The topological polar surface area (TPSA) is 164 Å². The Morgan fingerprint density at radius 1 is 0.891 bits per heavy atom. The summed E-state index contributed by atoms with van der Waals surface area (Å²) < 4.78 is 8.04. The van der Waals surface area contributed by atoms with Crippen LogP contribution in [0.15, 0.2) is 83.3 Å². The van der Waals surface area contributed by atoms with Crippen molar-refractivity contribution in [3.8, 4) is 32.3 Å². The highest BCUT2D eigenvalue weighted by molar-refractivity contribution is 7.15. The van der Waals surface area contributed by atoms with Crippen molar-refractivity contribution >= 4 is 46.1 Å². The van der Waals surface area contributed by atoms with Crippen molar-refractivity contribution in [1.29, 1.82) is 0 Å². The second-order valence-electron chi connectivity index (χ2n) is 17.8. The molecule has 3 N–H and O–H groups in total. The van der Waals surface area contributed by atoms with E-state index >= 15 is 0 Å². The summed E-state index contributed by atoms with van der Waals surface area (Å²) in [6.45, 7) is 17.4. The van der Waals surface area contributed by atoms with Gasteiger partial charge in [0.15, 0.2) is 12.4 Å². The third-order valence-corrected chi connectivity index (χ3v) is 14.3. The normalized spacial score (nSPS) is 18.1. The second kappa shape index (κ2) is 17.9. The number of thiophene rings is 1. The number of likely N-dealkylation sites (tertiary alicyclic amines) is 1. The number of aliphatic imine (C=N–C) groups is 1. The molecule has 3 aromatic carbocycles. The number of hydrogen-bond donors (Lipinski definition) is 3. The van der Waals surface area contributed by atoms with Crippen LogP contribution in [0.25, 0.3) is 26.6 Å². The molecule has 5 atom stereocenters. The van der Waals surface area contributed by atoms with Gasteiger partial charge in [-0.05, 0) is 86.9 Å². The first-order valence-corrected chi connectivity index (χ1v) is 23.2. The Hall–Kier alpha value is -6.03. The average Bonchev–Trinajstić information content (AvgIpc) is 4.04. The number of hydrogen-bond acceptors (Lipinski definition) is 11. The number of ether oxygens (including phenoxy) is 1. The minimum atomic E-state index is -0.981. The summed E-state index contributed by atoms with van der Waals surface area (Å²) in [6, 6.07) is 21.4. The number of aryl methyl sites for hydroxylation is 3. The summed E-state index contributed by atoms with van der Waals surface area (Å²) in [5, 5.41) is 26.5. The van der Waals surface area contributed by atoms with E-state index in [4.69, 9.17) is 9.73 Å². The second-order valence-corrected chi connectivity index (χ2v) is 19.9. The predicted octanol–water partition coefficient (Wildman–Crippen LogP) is 8.01. The quantitative estimate of drug-likeness (QED) is 0.118. The van der Waals surface area contributed by atoms with E-state index < -0.39 is 35.4 Å². The lowest BCUT2D eigenvalue weighted by Crippen LogP contribution is -2.58. The van der Waals surface area contributed by atoms with Crippen LogP contribution in [0.2, 0.25) is 0 Å². The number of aliphatic hydroxyl groups excluding tert-OH is 1. The minimum Gasteiger partial charge on any atom is -0.484 e. The van der Waals surface area contributed by atoms with Crippen LogP contribution in [0.5, 0.6) is 5.75 Å². The summed E-state index contributed by atoms with van der Waals surface area (Å²) in [5.74, 6) is 0.884. The third kappa shape index (κ3) is 8.88. The molecule has 13 nitrogen and oxygen atoms in total. The van der Waals surface area contributed by atoms with Gasteiger partial charge in [0.1, 0.15) is 34.7 Å². The molecule has 0 saturated carbocycles. The van der Waals surface area contributed by atoms with E-state index in [9.17, 15) is 19.5 Å². The highest BCUT2D eigenvalue weighted by atomic mass is 32.1. The van der Waals surface area contributed by atoms with Gasteiger partial charge in [0.05, 0.1) is 33.9 Å². The van der Waals surface area contributed by atoms with Gasteiger partial charge in [-0.15, -0.1) is 32.9 Å². The van der Waals surface area contributed by atoms with E-state index in [1.807, 2.05) is 95.6 Å². The molecule has 2 aliphatic rings. The lowest BCUT2D eigenvalue weighted by Gasteiger charge is -2.35. The third-order valence-electron chi connectivity index (χ3n) is 12.1. The summed E-state index contributed by atoms with van der Waals surface area (Å²) in [4.78, 5) is 54.5. The first kappa shape index (κ1) is 44.6. The SMILES string of the molecule is Cc1ncsc1-c1ccc([C@H](C)NC(=O)[C@@H]2C[C@@H](O)CN2C(=O)[C@@H](NC(=O)COc2ccc(-c3ccc(C4=N[C@@H](C)c5nnc(C)n5-c5sc(C)c(C)c54)cc3)cc2)C(C)(C)C)cc1. The van der Waals surface area contributed by atoms with Crippen LogP contribution in [0.3, 0.4) is 0 Å². The number of β-amino-alcohol motifs (C(OH)–C–C–N with tert-alkyl or cyclic N) is 1. The number of fused-ring (bicyclic) bond motifs is 3. The molecule has 15 heteroatoms. The number of amides is 3. The lowest BCUT2D eigenvalue weighted by molar-refractivity contribution is -0.144. The Kier molecular flexibility index (Phi) is 12.4. The van der Waals surface area contributed by atoms with Gasteiger partial charge >= 0.3 is 0 Å². The zero-order valence-electron chi connectivity index (χ0n) is 37.6. The number of benzene rings is 3. The Morgan fingerprint density at radius 3 is 2.17 bits per heavy atom. The predicted molar refractivity (Wildman–Crippen MR) is 251 cm³/mol. The number of thiazole rings is 1. The molecule has 3 amide bonds. The number of nitrogens with zero attached hydrogens (tertiary/aromatic N) is 6. The largest absolute Gasteiger partial charge is 0.484 e. The van der Waals surface area contributed by atoms with Crippen LogP contribution in [0.4, 0.5) is 0 Å². The van der Waals surface area contributed by atoms with Crippen LogP contribution in [-0.4, -0.2) is 84.5 Å². The van der Waals surface area contributed by atoms with Crippen LogP contribution in [-0.2, 0) is 14.4 Å². The summed E-state index contributed by atoms with van der Waals surface area (Å²) >= 11 is 3.32. The maximum atomic E-state index is 14.2. The van der Waals surface area contributed by atoms with Gasteiger partial charge in [0, 0.05) is 29.0 Å². The van der Waals surface area contributed by atoms with Gasteiger partial charge in [-0.1, -0.05) is 81.4 Å². The first-order chi connectivity index (χ1) is 30.5. The van der Waals surface area contributed by atoms with Gasteiger partial charge in [0.25, 0.3) is 5.91 Å². The molecule has 3 aromatic heterocycles. The Bertz CT molecular complexity index is 2730. The number of nitrogens with one attached hydrogen (secondary N) is 2.